The molecule has 2 aromatic rings. The smallest absolute Gasteiger partial charge is 0.257 e. The lowest BCUT2D eigenvalue weighted by atomic mass is 10.1. The number of nitrogens with two attached hydrogens (primary N) is 1. The second kappa shape index (κ2) is 5.33. The third-order valence-electron chi connectivity index (χ3n) is 3.09. The van der Waals surface area contributed by atoms with Gasteiger partial charge in [0.05, 0.1) is 10.6 Å². The van der Waals surface area contributed by atoms with Crippen LogP contribution in [-0.4, -0.2) is 5.91 Å². The summed E-state index contributed by atoms with van der Waals surface area (Å²) >= 11 is 6.02. The predicted molar refractivity (Wildman–Crippen MR) is 79.7 cm³/mol. The molecular weight excluding hydrogens is 260 g/mol. The van der Waals surface area contributed by atoms with Gasteiger partial charge in [-0.2, -0.15) is 0 Å². The van der Waals surface area contributed by atoms with E-state index in [0.717, 1.165) is 16.8 Å². The lowest BCUT2D eigenvalue weighted by molar-refractivity contribution is 0.102. The molecule has 0 aliphatic heterocycles. The topological polar surface area (TPSA) is 55.1 Å². The van der Waals surface area contributed by atoms with Crippen LogP contribution in [0.4, 0.5) is 11.4 Å². The van der Waals surface area contributed by atoms with Crippen LogP contribution in [0, 0.1) is 13.8 Å². The van der Waals surface area contributed by atoms with Gasteiger partial charge in [-0.3, -0.25) is 4.79 Å². The van der Waals surface area contributed by atoms with E-state index in [0.29, 0.717) is 16.3 Å². The molecule has 0 heterocycles. The standard InChI is InChI=1S/C15H15ClN2O/c1-9-4-3-5-14(10(9)2)18-15(19)12-7-6-11(17)8-13(12)16/h3-8H,17H2,1-2H3,(H,18,19). The number of anilines is 2. The van der Waals surface area contributed by atoms with Crippen LogP contribution in [0.1, 0.15) is 21.5 Å². The average molecular weight is 275 g/mol. The molecule has 0 aliphatic carbocycles. The van der Waals surface area contributed by atoms with Crippen molar-refractivity contribution in [2.24, 2.45) is 0 Å². The highest BCUT2D eigenvalue weighted by Gasteiger charge is 2.12. The number of hydrogen-bond acceptors (Lipinski definition) is 2. The van der Waals surface area contributed by atoms with Crippen molar-refractivity contribution >= 4 is 28.9 Å². The van der Waals surface area contributed by atoms with E-state index >= 15 is 0 Å². The Labute approximate surface area is 117 Å². The van der Waals surface area contributed by atoms with Gasteiger partial charge in [-0.05, 0) is 49.2 Å². The molecular formula is C15H15ClN2O. The van der Waals surface area contributed by atoms with Crippen LogP contribution in [0.25, 0.3) is 0 Å². The third-order valence-corrected chi connectivity index (χ3v) is 3.40. The molecule has 1 amide bonds. The summed E-state index contributed by atoms with van der Waals surface area (Å²) < 4.78 is 0. The molecule has 0 aromatic heterocycles. The zero-order chi connectivity index (χ0) is 14.0. The van der Waals surface area contributed by atoms with Gasteiger partial charge in [-0.1, -0.05) is 23.7 Å². The number of halogens is 1. The lowest BCUT2D eigenvalue weighted by Crippen LogP contribution is -2.13. The highest BCUT2D eigenvalue weighted by atomic mass is 35.5. The molecule has 0 fully saturated rings. The average Bonchev–Trinajstić information content (AvgIpc) is 2.34. The van der Waals surface area contributed by atoms with Gasteiger partial charge in [-0.25, -0.2) is 0 Å². The molecule has 0 radical (unpaired) electrons. The van der Waals surface area contributed by atoms with Crippen LogP contribution >= 0.6 is 11.6 Å². The van der Waals surface area contributed by atoms with Crippen molar-refractivity contribution in [1.29, 1.82) is 0 Å². The zero-order valence-electron chi connectivity index (χ0n) is 10.8. The van der Waals surface area contributed by atoms with Crippen LogP contribution in [0.3, 0.4) is 0 Å². The van der Waals surface area contributed by atoms with Gasteiger partial charge >= 0.3 is 0 Å². The molecule has 4 heteroatoms. The third kappa shape index (κ3) is 2.88. The van der Waals surface area contributed by atoms with E-state index in [1.54, 1.807) is 18.2 Å². The highest BCUT2D eigenvalue weighted by molar-refractivity contribution is 6.34. The fourth-order valence-electron chi connectivity index (χ4n) is 1.79. The first-order valence-corrected chi connectivity index (χ1v) is 6.29. The van der Waals surface area contributed by atoms with Gasteiger partial charge in [-0.15, -0.1) is 0 Å². The van der Waals surface area contributed by atoms with Crippen LogP contribution < -0.4 is 11.1 Å². The maximum absolute atomic E-state index is 12.2. The molecule has 0 saturated carbocycles. The molecule has 19 heavy (non-hydrogen) atoms. The van der Waals surface area contributed by atoms with E-state index in [-0.39, 0.29) is 5.91 Å². The van der Waals surface area contributed by atoms with E-state index < -0.39 is 0 Å². The Hall–Kier alpha value is -2.00. The van der Waals surface area contributed by atoms with Crippen molar-refractivity contribution < 1.29 is 4.79 Å². The molecule has 0 spiro atoms. The Bertz CT molecular complexity index is 638. The summed E-state index contributed by atoms with van der Waals surface area (Å²) in [7, 11) is 0. The first-order valence-electron chi connectivity index (χ1n) is 5.91. The number of benzene rings is 2. The molecule has 98 valence electrons. The van der Waals surface area contributed by atoms with Crippen LogP contribution in [0.2, 0.25) is 5.02 Å². The van der Waals surface area contributed by atoms with Crippen LogP contribution in [-0.2, 0) is 0 Å². The molecule has 0 atom stereocenters. The number of rotatable bonds is 2. The van der Waals surface area contributed by atoms with Crippen molar-refractivity contribution in [3.63, 3.8) is 0 Å². The summed E-state index contributed by atoms with van der Waals surface area (Å²) in [4.78, 5) is 12.2. The van der Waals surface area contributed by atoms with Crippen molar-refractivity contribution in [2.45, 2.75) is 13.8 Å². The minimum absolute atomic E-state index is 0.237. The Morgan fingerprint density at radius 3 is 2.63 bits per heavy atom. The lowest BCUT2D eigenvalue weighted by Gasteiger charge is -2.11. The quantitative estimate of drug-likeness (QED) is 0.819. The van der Waals surface area contributed by atoms with E-state index in [1.165, 1.54) is 0 Å². The Morgan fingerprint density at radius 2 is 1.95 bits per heavy atom. The maximum Gasteiger partial charge on any atom is 0.257 e. The number of aryl methyl sites for hydroxylation is 1. The summed E-state index contributed by atoms with van der Waals surface area (Å²) in [6, 6.07) is 10.6. The Morgan fingerprint density at radius 1 is 1.21 bits per heavy atom. The van der Waals surface area contributed by atoms with Crippen LogP contribution in [0.15, 0.2) is 36.4 Å². The largest absolute Gasteiger partial charge is 0.399 e. The number of hydrogen-bond donors (Lipinski definition) is 2. The molecule has 0 saturated heterocycles. The fourth-order valence-corrected chi connectivity index (χ4v) is 2.07. The number of nitrogen functional groups attached to an aromatic ring is 1. The SMILES string of the molecule is Cc1cccc(NC(=O)c2ccc(N)cc2Cl)c1C. The molecule has 0 bridgehead atoms. The number of carbonyl (C=O) groups is 1. The zero-order valence-corrected chi connectivity index (χ0v) is 11.6. The normalized spacial score (nSPS) is 10.3. The fraction of sp³-hybridized carbons (Fsp3) is 0.133. The number of nitrogens with one attached hydrogen (secondary N) is 1. The minimum Gasteiger partial charge on any atom is -0.399 e. The summed E-state index contributed by atoms with van der Waals surface area (Å²) in [6.07, 6.45) is 0. The van der Waals surface area contributed by atoms with Crippen molar-refractivity contribution in [3.05, 3.63) is 58.1 Å². The van der Waals surface area contributed by atoms with Crippen LogP contribution in [0.5, 0.6) is 0 Å². The Kier molecular flexibility index (Phi) is 3.76. The first-order chi connectivity index (χ1) is 8.99. The highest BCUT2D eigenvalue weighted by Crippen LogP contribution is 2.22. The summed E-state index contributed by atoms with van der Waals surface area (Å²) in [5.74, 6) is -0.237. The number of amides is 1. The van der Waals surface area contributed by atoms with Crippen molar-refractivity contribution in [2.75, 3.05) is 11.1 Å². The number of carbonyl (C=O) groups excluding carboxylic acids is 1. The van der Waals surface area contributed by atoms with Crippen molar-refractivity contribution in [1.82, 2.24) is 0 Å². The van der Waals surface area contributed by atoms with Gasteiger partial charge in [0.2, 0.25) is 0 Å². The van der Waals surface area contributed by atoms with E-state index in [4.69, 9.17) is 17.3 Å². The van der Waals surface area contributed by atoms with E-state index in [9.17, 15) is 4.79 Å². The van der Waals surface area contributed by atoms with Gasteiger partial charge in [0.15, 0.2) is 0 Å². The van der Waals surface area contributed by atoms with E-state index in [1.807, 2.05) is 32.0 Å². The predicted octanol–water partition coefficient (Wildman–Crippen LogP) is 3.79. The van der Waals surface area contributed by atoms with E-state index in [2.05, 4.69) is 5.32 Å². The maximum atomic E-state index is 12.2. The van der Waals surface area contributed by atoms with Gasteiger partial charge in [0.1, 0.15) is 0 Å². The molecule has 3 nitrogen and oxygen atoms in total. The molecule has 0 aliphatic rings. The monoisotopic (exact) mass is 274 g/mol. The first kappa shape index (κ1) is 13.4. The van der Waals surface area contributed by atoms with Gasteiger partial charge in [0, 0.05) is 11.4 Å². The summed E-state index contributed by atoms with van der Waals surface area (Å²) in [6.45, 7) is 3.97. The summed E-state index contributed by atoms with van der Waals surface area (Å²) in [5.41, 5.74) is 9.52. The second-order valence-corrected chi connectivity index (χ2v) is 4.85. The molecule has 0 unspecified atom stereocenters. The molecule has 2 aromatic carbocycles. The second-order valence-electron chi connectivity index (χ2n) is 4.44. The van der Waals surface area contributed by atoms with Gasteiger partial charge < -0.3 is 11.1 Å². The van der Waals surface area contributed by atoms with Crippen molar-refractivity contribution in [3.8, 4) is 0 Å². The summed E-state index contributed by atoms with van der Waals surface area (Å²) in [5, 5.41) is 3.21. The minimum atomic E-state index is -0.237. The molecule has 2 rings (SSSR count). The molecule has 3 N–H and O–H groups in total. The van der Waals surface area contributed by atoms with Gasteiger partial charge in [0.25, 0.3) is 5.91 Å². The Balaban J connectivity index is 2.28.